The Labute approximate surface area is 163 Å². The lowest BCUT2D eigenvalue weighted by molar-refractivity contribution is -0.134. The molecule has 1 saturated carbocycles. The number of benzene rings is 1. The van der Waals surface area contributed by atoms with Crippen LogP contribution in [0.1, 0.15) is 44.4 Å². The summed E-state index contributed by atoms with van der Waals surface area (Å²) in [6, 6.07) is 7.16. The highest BCUT2D eigenvalue weighted by molar-refractivity contribution is 5.96. The van der Waals surface area contributed by atoms with E-state index in [9.17, 15) is 15.2 Å². The van der Waals surface area contributed by atoms with Crippen LogP contribution in [0.25, 0.3) is 0 Å². The molecule has 1 N–H and O–H groups in total. The second-order valence-electron chi connectivity index (χ2n) is 8.29. The third-order valence-electron chi connectivity index (χ3n) is 5.38. The number of carbonyl (C=O) groups is 1. The normalized spacial score (nSPS) is 29.6. The number of fused-ring (bicyclic) bond motifs is 2. The van der Waals surface area contributed by atoms with Gasteiger partial charge in [-0.15, -0.1) is 5.10 Å². The molecule has 1 aromatic rings. The van der Waals surface area contributed by atoms with Crippen LogP contribution in [0.15, 0.2) is 35.5 Å². The van der Waals surface area contributed by atoms with Crippen LogP contribution >= 0.6 is 0 Å². The summed E-state index contributed by atoms with van der Waals surface area (Å²) in [7, 11) is 0. The second kappa shape index (κ2) is 6.35. The number of carbonyl (C=O) groups excluding carboxylic acids is 1. The van der Waals surface area contributed by atoms with E-state index in [0.717, 1.165) is 5.57 Å². The topological polar surface area (TPSA) is 95.2 Å². The SMILES string of the molecule is C=C(C)CN1N=C(O[C@@H]2c3cc(C#N)ccc3OC(C)(C)[C@H]2O)[C@H]2C[C@H]2C1=O. The van der Waals surface area contributed by atoms with Gasteiger partial charge in [-0.1, -0.05) is 12.2 Å². The summed E-state index contributed by atoms with van der Waals surface area (Å²) in [6.45, 7) is 9.60. The van der Waals surface area contributed by atoms with Gasteiger partial charge in [-0.25, -0.2) is 5.01 Å². The molecule has 1 amide bonds. The molecule has 0 aromatic heterocycles. The van der Waals surface area contributed by atoms with E-state index in [4.69, 9.17) is 9.47 Å². The largest absolute Gasteiger partial charge is 0.485 e. The van der Waals surface area contributed by atoms with Gasteiger partial charge in [0.25, 0.3) is 0 Å². The summed E-state index contributed by atoms with van der Waals surface area (Å²) >= 11 is 0. The predicted octanol–water partition coefficient (Wildman–Crippen LogP) is 2.52. The van der Waals surface area contributed by atoms with Crippen molar-refractivity contribution in [2.45, 2.75) is 45.0 Å². The van der Waals surface area contributed by atoms with E-state index in [-0.39, 0.29) is 17.7 Å². The molecule has 4 rings (SSSR count). The van der Waals surface area contributed by atoms with Crippen LogP contribution in [0.4, 0.5) is 0 Å². The van der Waals surface area contributed by atoms with Crippen molar-refractivity contribution in [1.82, 2.24) is 5.01 Å². The maximum Gasteiger partial charge on any atom is 0.247 e. The number of hydrogen-bond acceptors (Lipinski definition) is 6. The summed E-state index contributed by atoms with van der Waals surface area (Å²) < 4.78 is 12.1. The third-order valence-corrected chi connectivity index (χ3v) is 5.38. The minimum atomic E-state index is -0.971. The lowest BCUT2D eigenvalue weighted by Gasteiger charge is -2.42. The van der Waals surface area contributed by atoms with Gasteiger partial charge in [0.1, 0.15) is 17.5 Å². The highest BCUT2D eigenvalue weighted by Gasteiger charge is 2.54. The first-order valence-electron chi connectivity index (χ1n) is 9.33. The Morgan fingerprint density at radius 2 is 2.25 bits per heavy atom. The molecule has 1 fully saturated rings. The average molecular weight is 381 g/mol. The Kier molecular flexibility index (Phi) is 4.20. The maximum absolute atomic E-state index is 12.4. The van der Waals surface area contributed by atoms with Crippen LogP contribution in [0, 0.1) is 23.2 Å². The molecular formula is C21H23N3O4. The number of hydrogen-bond donors (Lipinski definition) is 1. The monoisotopic (exact) mass is 381 g/mol. The smallest absolute Gasteiger partial charge is 0.247 e. The first kappa shape index (κ1) is 18.5. The van der Waals surface area contributed by atoms with E-state index in [1.807, 2.05) is 6.92 Å². The minimum Gasteiger partial charge on any atom is -0.485 e. The van der Waals surface area contributed by atoms with Gasteiger partial charge < -0.3 is 14.6 Å². The van der Waals surface area contributed by atoms with Gasteiger partial charge in [0.15, 0.2) is 6.10 Å². The number of nitrogens with zero attached hydrogens (tertiary/aromatic N) is 3. The quantitative estimate of drug-likeness (QED) is 0.812. The lowest BCUT2D eigenvalue weighted by Crippen LogP contribution is -2.50. The zero-order chi connectivity index (χ0) is 20.2. The molecule has 2 aliphatic heterocycles. The Balaban J connectivity index is 1.69. The summed E-state index contributed by atoms with van der Waals surface area (Å²) in [4.78, 5) is 12.4. The number of aliphatic hydroxyl groups is 1. The van der Waals surface area contributed by atoms with E-state index in [1.165, 1.54) is 5.01 Å². The molecule has 0 spiro atoms. The number of amides is 1. The van der Waals surface area contributed by atoms with Crippen molar-refractivity contribution >= 4 is 11.8 Å². The van der Waals surface area contributed by atoms with E-state index in [0.29, 0.717) is 35.7 Å². The van der Waals surface area contributed by atoms with Crippen molar-refractivity contribution in [2.24, 2.45) is 16.9 Å². The number of nitriles is 1. The fraction of sp³-hybridized carbons (Fsp3) is 0.476. The molecule has 0 bridgehead atoms. The zero-order valence-electron chi connectivity index (χ0n) is 16.2. The molecule has 0 saturated heterocycles. The van der Waals surface area contributed by atoms with Crippen LogP contribution in [-0.4, -0.2) is 40.2 Å². The summed E-state index contributed by atoms with van der Waals surface area (Å²) in [5.74, 6) is 0.815. The second-order valence-corrected chi connectivity index (χ2v) is 8.29. The molecule has 146 valence electrons. The van der Waals surface area contributed by atoms with Crippen molar-refractivity contribution in [1.29, 1.82) is 5.26 Å². The minimum absolute atomic E-state index is 0.0135. The summed E-state index contributed by atoms with van der Waals surface area (Å²) in [5, 5.41) is 26.0. The summed E-state index contributed by atoms with van der Waals surface area (Å²) in [5.41, 5.74) is 1.01. The Hall–Kier alpha value is -2.85. The van der Waals surface area contributed by atoms with Gasteiger partial charge in [-0.2, -0.15) is 5.26 Å². The molecule has 4 atom stereocenters. The van der Waals surface area contributed by atoms with E-state index < -0.39 is 17.8 Å². The summed E-state index contributed by atoms with van der Waals surface area (Å²) in [6.07, 6.45) is -1.02. The third kappa shape index (κ3) is 3.04. The van der Waals surface area contributed by atoms with Crippen LogP contribution in [-0.2, 0) is 9.53 Å². The van der Waals surface area contributed by atoms with Gasteiger partial charge in [-0.3, -0.25) is 4.79 Å². The highest BCUT2D eigenvalue weighted by Crippen LogP contribution is 2.48. The number of aliphatic hydroxyl groups excluding tert-OH is 1. The van der Waals surface area contributed by atoms with Gasteiger partial charge in [0.2, 0.25) is 11.8 Å². The molecule has 1 aromatic carbocycles. The van der Waals surface area contributed by atoms with Crippen molar-refractivity contribution < 1.29 is 19.4 Å². The first-order chi connectivity index (χ1) is 13.2. The molecule has 0 radical (unpaired) electrons. The van der Waals surface area contributed by atoms with E-state index in [2.05, 4.69) is 17.7 Å². The molecule has 2 heterocycles. The van der Waals surface area contributed by atoms with Crippen molar-refractivity contribution in [3.63, 3.8) is 0 Å². The fourth-order valence-electron chi connectivity index (χ4n) is 3.72. The van der Waals surface area contributed by atoms with E-state index >= 15 is 0 Å². The average Bonchev–Trinajstić information content (AvgIpc) is 3.43. The molecule has 0 unspecified atom stereocenters. The predicted molar refractivity (Wildman–Crippen MR) is 101 cm³/mol. The van der Waals surface area contributed by atoms with Crippen LogP contribution in [0.3, 0.4) is 0 Å². The van der Waals surface area contributed by atoms with Crippen molar-refractivity contribution in [3.05, 3.63) is 41.5 Å². The Morgan fingerprint density at radius 1 is 1.50 bits per heavy atom. The van der Waals surface area contributed by atoms with Crippen LogP contribution in [0.5, 0.6) is 5.75 Å². The van der Waals surface area contributed by atoms with Gasteiger partial charge in [-0.05, 0) is 45.4 Å². The molecule has 3 aliphatic rings. The fourth-order valence-corrected chi connectivity index (χ4v) is 3.72. The van der Waals surface area contributed by atoms with Crippen molar-refractivity contribution in [2.75, 3.05) is 6.54 Å². The van der Waals surface area contributed by atoms with Gasteiger partial charge in [0, 0.05) is 11.5 Å². The highest BCUT2D eigenvalue weighted by atomic mass is 16.5. The van der Waals surface area contributed by atoms with Crippen molar-refractivity contribution in [3.8, 4) is 11.8 Å². The van der Waals surface area contributed by atoms with E-state index in [1.54, 1.807) is 32.0 Å². The van der Waals surface area contributed by atoms with Crippen LogP contribution in [0.2, 0.25) is 0 Å². The molecule has 1 aliphatic carbocycles. The maximum atomic E-state index is 12.4. The lowest BCUT2D eigenvalue weighted by atomic mass is 9.87. The number of hydrazone groups is 1. The van der Waals surface area contributed by atoms with Gasteiger partial charge >= 0.3 is 0 Å². The molecule has 7 heteroatoms. The molecular weight excluding hydrogens is 358 g/mol. The first-order valence-corrected chi connectivity index (χ1v) is 9.33. The van der Waals surface area contributed by atoms with Crippen LogP contribution < -0.4 is 4.74 Å². The molecule has 28 heavy (non-hydrogen) atoms. The standard InChI is InChI=1S/C21H23N3O4/c1-11(2)10-24-20(26)14-8-13(14)19(23-24)27-17-15-7-12(9-22)5-6-16(15)28-21(3,4)18(17)25/h5-7,13-14,17-18,25H,1,8,10H2,2-4H3/t13-,14+,17+,18-/m0/s1. The Bertz CT molecular complexity index is 930. The Morgan fingerprint density at radius 3 is 2.93 bits per heavy atom. The van der Waals surface area contributed by atoms with Gasteiger partial charge in [0.05, 0.1) is 24.1 Å². The molecule has 7 nitrogen and oxygen atoms in total. The number of ether oxygens (including phenoxy) is 2. The number of rotatable bonds is 3. The zero-order valence-corrected chi connectivity index (χ0v) is 16.2.